The first-order valence-electron chi connectivity index (χ1n) is 9.24. The van der Waals surface area contributed by atoms with Crippen LogP contribution in [0.1, 0.15) is 22.6 Å². The number of nitrogens with zero attached hydrogens (tertiary/aromatic N) is 1. The maximum Gasteiger partial charge on any atom is 0.242 e. The summed E-state index contributed by atoms with van der Waals surface area (Å²) in [6.45, 7) is 1.84. The monoisotopic (exact) mass is 408 g/mol. The van der Waals surface area contributed by atoms with Gasteiger partial charge in [0.1, 0.15) is 0 Å². The molecular weight excluding hydrogens is 384 g/mol. The molecule has 150 valence electrons. The number of nitrogens with one attached hydrogen (secondary N) is 1. The van der Waals surface area contributed by atoms with Crippen LogP contribution in [0.15, 0.2) is 83.8 Å². The molecule has 0 unspecified atom stereocenters. The molecule has 0 heterocycles. The summed E-state index contributed by atoms with van der Waals surface area (Å²) in [5.41, 5.74) is 3.00. The quantitative estimate of drug-likeness (QED) is 0.670. The Kier molecular flexibility index (Phi) is 6.15. The van der Waals surface area contributed by atoms with Crippen molar-refractivity contribution in [3.8, 4) is 0 Å². The predicted molar refractivity (Wildman–Crippen MR) is 115 cm³/mol. The molecule has 0 saturated heterocycles. The standard InChI is InChI=1S/C23H24N2O3S/c1-17-14-15-20(29(27,28)25(2)3)16-21(17)24-23(26)22(18-10-6-4-7-11-18)19-12-8-5-9-13-19/h4-16,22H,1-3H3,(H,24,26). The van der Waals surface area contributed by atoms with Gasteiger partial charge in [-0.2, -0.15) is 0 Å². The van der Waals surface area contributed by atoms with E-state index in [0.717, 1.165) is 21.0 Å². The van der Waals surface area contributed by atoms with E-state index in [1.54, 1.807) is 12.1 Å². The van der Waals surface area contributed by atoms with E-state index in [9.17, 15) is 13.2 Å². The molecular formula is C23H24N2O3S. The summed E-state index contributed by atoms with van der Waals surface area (Å²) in [4.78, 5) is 13.4. The van der Waals surface area contributed by atoms with Crippen LogP contribution in [0.25, 0.3) is 0 Å². The van der Waals surface area contributed by atoms with Crippen molar-refractivity contribution in [2.45, 2.75) is 17.7 Å². The summed E-state index contributed by atoms with van der Waals surface area (Å²) in [6, 6.07) is 23.8. The average molecular weight is 409 g/mol. The highest BCUT2D eigenvalue weighted by Gasteiger charge is 2.24. The van der Waals surface area contributed by atoms with Crippen LogP contribution in [0, 0.1) is 6.92 Å². The predicted octanol–water partition coefficient (Wildman–Crippen LogP) is 4.02. The molecule has 5 nitrogen and oxygen atoms in total. The Balaban J connectivity index is 1.99. The van der Waals surface area contributed by atoms with Crippen molar-refractivity contribution in [2.24, 2.45) is 0 Å². The van der Waals surface area contributed by atoms with E-state index in [1.165, 1.54) is 20.2 Å². The van der Waals surface area contributed by atoms with Gasteiger partial charge in [-0.15, -0.1) is 0 Å². The van der Waals surface area contributed by atoms with E-state index in [2.05, 4.69) is 5.32 Å². The number of hydrogen-bond donors (Lipinski definition) is 1. The van der Waals surface area contributed by atoms with Crippen molar-refractivity contribution in [3.05, 3.63) is 95.6 Å². The van der Waals surface area contributed by atoms with Crippen molar-refractivity contribution in [1.82, 2.24) is 4.31 Å². The third kappa shape index (κ3) is 4.55. The fourth-order valence-corrected chi connectivity index (χ4v) is 4.03. The highest BCUT2D eigenvalue weighted by atomic mass is 32.2. The Labute approximate surface area is 172 Å². The number of carbonyl (C=O) groups excluding carboxylic acids is 1. The zero-order chi connectivity index (χ0) is 21.0. The van der Waals surface area contributed by atoms with Gasteiger partial charge in [-0.3, -0.25) is 4.79 Å². The molecule has 0 spiro atoms. The van der Waals surface area contributed by atoms with Crippen molar-refractivity contribution in [1.29, 1.82) is 0 Å². The van der Waals surface area contributed by atoms with Crippen molar-refractivity contribution >= 4 is 21.6 Å². The van der Waals surface area contributed by atoms with E-state index in [0.29, 0.717) is 5.69 Å². The minimum absolute atomic E-state index is 0.138. The van der Waals surface area contributed by atoms with Crippen LogP contribution < -0.4 is 5.32 Å². The molecule has 1 amide bonds. The van der Waals surface area contributed by atoms with Crippen molar-refractivity contribution < 1.29 is 13.2 Å². The van der Waals surface area contributed by atoms with Gasteiger partial charge in [-0.1, -0.05) is 66.7 Å². The van der Waals surface area contributed by atoms with E-state index in [-0.39, 0.29) is 10.8 Å². The van der Waals surface area contributed by atoms with Crippen LogP contribution in [0.3, 0.4) is 0 Å². The molecule has 3 rings (SSSR count). The lowest BCUT2D eigenvalue weighted by molar-refractivity contribution is -0.116. The largest absolute Gasteiger partial charge is 0.325 e. The minimum atomic E-state index is -3.59. The topological polar surface area (TPSA) is 66.5 Å². The Morgan fingerprint density at radius 1 is 0.862 bits per heavy atom. The molecule has 1 N–H and O–H groups in total. The van der Waals surface area contributed by atoms with Gasteiger partial charge in [0.15, 0.2) is 0 Å². The van der Waals surface area contributed by atoms with Gasteiger partial charge < -0.3 is 5.32 Å². The number of sulfonamides is 1. The van der Waals surface area contributed by atoms with Gasteiger partial charge in [0, 0.05) is 19.8 Å². The Bertz CT molecular complexity index is 1060. The number of aryl methyl sites for hydroxylation is 1. The highest BCUT2D eigenvalue weighted by Crippen LogP contribution is 2.28. The number of benzene rings is 3. The summed E-state index contributed by atoms with van der Waals surface area (Å²) < 4.78 is 26.1. The second-order valence-corrected chi connectivity index (χ2v) is 9.16. The second kappa shape index (κ2) is 8.59. The number of anilines is 1. The van der Waals surface area contributed by atoms with E-state index in [1.807, 2.05) is 67.6 Å². The fraction of sp³-hybridized carbons (Fsp3) is 0.174. The molecule has 0 aromatic heterocycles. The number of carbonyl (C=O) groups is 1. The van der Waals surface area contributed by atoms with Gasteiger partial charge in [0.25, 0.3) is 0 Å². The van der Waals surface area contributed by atoms with Gasteiger partial charge in [-0.25, -0.2) is 12.7 Å². The van der Waals surface area contributed by atoms with Gasteiger partial charge in [-0.05, 0) is 35.7 Å². The lowest BCUT2D eigenvalue weighted by atomic mass is 9.90. The lowest BCUT2D eigenvalue weighted by Gasteiger charge is -2.19. The normalized spacial score (nSPS) is 11.6. The molecule has 6 heteroatoms. The number of hydrogen-bond acceptors (Lipinski definition) is 3. The van der Waals surface area contributed by atoms with Crippen molar-refractivity contribution in [3.63, 3.8) is 0 Å². The molecule has 3 aromatic rings. The molecule has 0 atom stereocenters. The lowest BCUT2D eigenvalue weighted by Crippen LogP contribution is -2.24. The Morgan fingerprint density at radius 2 is 1.38 bits per heavy atom. The Hall–Kier alpha value is -2.96. The van der Waals surface area contributed by atoms with E-state index >= 15 is 0 Å². The first kappa shape index (κ1) is 20.8. The van der Waals surface area contributed by atoms with Gasteiger partial charge in [0.05, 0.1) is 10.8 Å². The average Bonchev–Trinajstić information content (AvgIpc) is 2.71. The van der Waals surface area contributed by atoms with Crippen LogP contribution in [0.5, 0.6) is 0 Å². The van der Waals surface area contributed by atoms with Crippen LogP contribution in [0.4, 0.5) is 5.69 Å². The molecule has 0 saturated carbocycles. The number of rotatable bonds is 6. The first-order valence-corrected chi connectivity index (χ1v) is 10.7. The summed E-state index contributed by atoms with van der Waals surface area (Å²) in [7, 11) is -0.634. The molecule has 3 aromatic carbocycles. The SMILES string of the molecule is Cc1ccc(S(=O)(=O)N(C)C)cc1NC(=O)C(c1ccccc1)c1ccccc1. The molecule has 0 aliphatic carbocycles. The zero-order valence-electron chi connectivity index (χ0n) is 16.7. The summed E-state index contributed by atoms with van der Waals surface area (Å²) in [5, 5.41) is 2.94. The van der Waals surface area contributed by atoms with E-state index < -0.39 is 15.9 Å². The smallest absolute Gasteiger partial charge is 0.242 e. The Morgan fingerprint density at radius 3 is 1.86 bits per heavy atom. The van der Waals surface area contributed by atoms with Gasteiger partial charge in [0.2, 0.25) is 15.9 Å². The number of amides is 1. The zero-order valence-corrected chi connectivity index (χ0v) is 17.5. The van der Waals surface area contributed by atoms with E-state index in [4.69, 9.17) is 0 Å². The minimum Gasteiger partial charge on any atom is -0.325 e. The molecule has 0 fully saturated rings. The summed E-state index contributed by atoms with van der Waals surface area (Å²) >= 11 is 0. The van der Waals surface area contributed by atoms with Crippen LogP contribution in [0.2, 0.25) is 0 Å². The maximum atomic E-state index is 13.3. The molecule has 29 heavy (non-hydrogen) atoms. The van der Waals surface area contributed by atoms with Crippen LogP contribution >= 0.6 is 0 Å². The molecule has 0 aliphatic heterocycles. The first-order chi connectivity index (χ1) is 13.8. The van der Waals surface area contributed by atoms with Crippen LogP contribution in [-0.4, -0.2) is 32.7 Å². The van der Waals surface area contributed by atoms with Crippen molar-refractivity contribution in [2.75, 3.05) is 19.4 Å². The maximum absolute atomic E-state index is 13.3. The van der Waals surface area contributed by atoms with Gasteiger partial charge >= 0.3 is 0 Å². The highest BCUT2D eigenvalue weighted by molar-refractivity contribution is 7.89. The van der Waals surface area contributed by atoms with Crippen LogP contribution in [-0.2, 0) is 14.8 Å². The summed E-state index contributed by atoms with van der Waals surface area (Å²) in [5.74, 6) is -0.726. The third-order valence-corrected chi connectivity index (χ3v) is 6.58. The fourth-order valence-electron chi connectivity index (χ4n) is 3.10. The third-order valence-electron chi connectivity index (χ3n) is 4.77. The summed E-state index contributed by atoms with van der Waals surface area (Å²) in [6.07, 6.45) is 0. The molecule has 0 bridgehead atoms. The second-order valence-electron chi connectivity index (χ2n) is 7.01. The molecule has 0 aliphatic rings. The molecule has 0 radical (unpaired) electrons.